The first kappa shape index (κ1) is 15.3. The second-order valence-corrected chi connectivity index (χ2v) is 6.74. The lowest BCUT2D eigenvalue weighted by Gasteiger charge is -2.43. The predicted molar refractivity (Wildman–Crippen MR) is 75.6 cm³/mol. The molecule has 0 aliphatic carbocycles. The van der Waals surface area contributed by atoms with Crippen LogP contribution in [0.1, 0.15) is 34.1 Å². The van der Waals surface area contributed by atoms with E-state index in [0.717, 1.165) is 12.2 Å². The zero-order chi connectivity index (χ0) is 13.9. The summed E-state index contributed by atoms with van der Waals surface area (Å²) in [6, 6.07) is -0.308. The van der Waals surface area contributed by atoms with Crippen LogP contribution in [-0.4, -0.2) is 46.8 Å². The van der Waals surface area contributed by atoms with Crippen LogP contribution < -0.4 is 5.32 Å². The van der Waals surface area contributed by atoms with Crippen molar-refractivity contribution in [2.24, 2.45) is 5.92 Å². The average molecular weight is 272 g/mol. The Morgan fingerprint density at radius 2 is 2.00 bits per heavy atom. The van der Waals surface area contributed by atoms with Crippen molar-refractivity contribution in [1.82, 2.24) is 10.2 Å². The van der Waals surface area contributed by atoms with Gasteiger partial charge in [-0.1, -0.05) is 13.8 Å². The Morgan fingerprint density at radius 1 is 1.39 bits per heavy atom. The van der Waals surface area contributed by atoms with Gasteiger partial charge < -0.3 is 10.2 Å². The van der Waals surface area contributed by atoms with Crippen LogP contribution in [0.3, 0.4) is 0 Å². The summed E-state index contributed by atoms with van der Waals surface area (Å²) in [6.07, 6.45) is 2.74. The summed E-state index contributed by atoms with van der Waals surface area (Å²) in [4.78, 5) is 26.3. The Hall–Kier alpha value is -0.710. The van der Waals surface area contributed by atoms with E-state index in [0.29, 0.717) is 12.5 Å². The van der Waals surface area contributed by atoms with Crippen molar-refractivity contribution < 1.29 is 9.59 Å². The largest absolute Gasteiger partial charge is 0.340 e. The van der Waals surface area contributed by atoms with Crippen LogP contribution in [0.25, 0.3) is 0 Å². The molecule has 1 atom stereocenters. The summed E-state index contributed by atoms with van der Waals surface area (Å²) in [6.45, 7) is 8.33. The molecule has 1 N–H and O–H groups in total. The third-order valence-corrected chi connectivity index (χ3v) is 3.73. The number of nitrogens with zero attached hydrogens (tertiary/aromatic N) is 1. The predicted octanol–water partition coefficient (Wildman–Crippen LogP) is 1.50. The molecule has 1 saturated heterocycles. The van der Waals surface area contributed by atoms with E-state index in [2.05, 4.69) is 19.2 Å². The molecule has 1 heterocycles. The van der Waals surface area contributed by atoms with Gasteiger partial charge in [0.2, 0.25) is 11.8 Å². The normalized spacial score (nSPS) is 23.4. The van der Waals surface area contributed by atoms with Gasteiger partial charge in [0.15, 0.2) is 0 Å². The van der Waals surface area contributed by atoms with E-state index in [1.807, 2.05) is 6.26 Å². The first-order chi connectivity index (χ1) is 8.29. The maximum atomic E-state index is 12.4. The van der Waals surface area contributed by atoms with Gasteiger partial charge in [0.25, 0.3) is 0 Å². The quantitative estimate of drug-likeness (QED) is 0.825. The van der Waals surface area contributed by atoms with Crippen LogP contribution in [0.15, 0.2) is 0 Å². The summed E-state index contributed by atoms with van der Waals surface area (Å²) in [7, 11) is 0. The highest BCUT2D eigenvalue weighted by atomic mass is 32.2. The molecule has 1 fully saturated rings. The Kier molecular flexibility index (Phi) is 5.08. The number of piperazine rings is 1. The summed E-state index contributed by atoms with van der Waals surface area (Å²) in [5.74, 6) is 1.27. The molecule has 5 heteroatoms. The SMILES string of the molecule is CSCCN1C(=O)C(C)(C)NC(=O)C1CC(C)C. The first-order valence-electron chi connectivity index (χ1n) is 6.41. The lowest BCUT2D eigenvalue weighted by molar-refractivity contribution is -0.153. The zero-order valence-electron chi connectivity index (χ0n) is 11.9. The fourth-order valence-electron chi connectivity index (χ4n) is 2.21. The fourth-order valence-corrected chi connectivity index (χ4v) is 2.59. The number of carbonyl (C=O) groups is 2. The Labute approximate surface area is 114 Å². The van der Waals surface area contributed by atoms with Gasteiger partial charge in [-0.2, -0.15) is 11.8 Å². The molecule has 0 aromatic rings. The number of carbonyl (C=O) groups excluding carboxylic acids is 2. The monoisotopic (exact) mass is 272 g/mol. The number of amides is 2. The summed E-state index contributed by atoms with van der Waals surface area (Å²) in [5.41, 5.74) is -0.775. The van der Waals surface area contributed by atoms with Gasteiger partial charge >= 0.3 is 0 Å². The minimum Gasteiger partial charge on any atom is -0.340 e. The molecule has 1 unspecified atom stereocenters. The smallest absolute Gasteiger partial charge is 0.248 e. The van der Waals surface area contributed by atoms with Gasteiger partial charge in [-0.15, -0.1) is 0 Å². The van der Waals surface area contributed by atoms with E-state index in [9.17, 15) is 9.59 Å². The van der Waals surface area contributed by atoms with Crippen molar-refractivity contribution in [3.05, 3.63) is 0 Å². The van der Waals surface area contributed by atoms with E-state index in [-0.39, 0.29) is 17.9 Å². The lowest BCUT2D eigenvalue weighted by Crippen LogP contribution is -2.68. The van der Waals surface area contributed by atoms with Crippen molar-refractivity contribution in [3.63, 3.8) is 0 Å². The Balaban J connectivity index is 2.91. The van der Waals surface area contributed by atoms with E-state index < -0.39 is 5.54 Å². The van der Waals surface area contributed by atoms with Crippen molar-refractivity contribution in [2.45, 2.75) is 45.7 Å². The fraction of sp³-hybridized carbons (Fsp3) is 0.846. The van der Waals surface area contributed by atoms with Crippen molar-refractivity contribution in [2.75, 3.05) is 18.6 Å². The topological polar surface area (TPSA) is 49.4 Å². The van der Waals surface area contributed by atoms with E-state index in [1.54, 1.807) is 30.5 Å². The third kappa shape index (κ3) is 3.40. The molecular weight excluding hydrogens is 248 g/mol. The molecule has 1 rings (SSSR count). The first-order valence-corrected chi connectivity index (χ1v) is 7.81. The van der Waals surface area contributed by atoms with Gasteiger partial charge in [0.1, 0.15) is 11.6 Å². The number of thioether (sulfide) groups is 1. The Morgan fingerprint density at radius 3 is 2.50 bits per heavy atom. The van der Waals surface area contributed by atoms with Crippen LogP contribution in [0.5, 0.6) is 0 Å². The molecule has 0 radical (unpaired) electrons. The van der Waals surface area contributed by atoms with Crippen LogP contribution in [0.4, 0.5) is 0 Å². The molecular formula is C13H24N2O2S. The van der Waals surface area contributed by atoms with E-state index in [1.165, 1.54) is 0 Å². The number of nitrogens with one attached hydrogen (secondary N) is 1. The third-order valence-electron chi connectivity index (χ3n) is 3.14. The highest BCUT2D eigenvalue weighted by molar-refractivity contribution is 7.98. The molecule has 1 aliphatic heterocycles. The van der Waals surface area contributed by atoms with Crippen molar-refractivity contribution >= 4 is 23.6 Å². The highest BCUT2D eigenvalue weighted by Gasteiger charge is 2.44. The minimum absolute atomic E-state index is 0.0191. The molecule has 0 aromatic carbocycles. The number of rotatable bonds is 5. The van der Waals surface area contributed by atoms with Crippen LogP contribution >= 0.6 is 11.8 Å². The van der Waals surface area contributed by atoms with Gasteiger partial charge in [-0.25, -0.2) is 0 Å². The number of hydrogen-bond donors (Lipinski definition) is 1. The molecule has 0 spiro atoms. The van der Waals surface area contributed by atoms with Crippen LogP contribution in [0.2, 0.25) is 0 Å². The molecule has 0 aromatic heterocycles. The standard InChI is InChI=1S/C13H24N2O2S/c1-9(2)8-10-11(16)14-13(3,4)12(17)15(10)6-7-18-5/h9-10H,6-8H2,1-5H3,(H,14,16). The maximum absolute atomic E-state index is 12.4. The molecule has 4 nitrogen and oxygen atoms in total. The number of hydrogen-bond acceptors (Lipinski definition) is 3. The van der Waals surface area contributed by atoms with Gasteiger partial charge in [0.05, 0.1) is 0 Å². The second-order valence-electron chi connectivity index (χ2n) is 5.75. The molecule has 104 valence electrons. The van der Waals surface area contributed by atoms with E-state index in [4.69, 9.17) is 0 Å². The molecule has 18 heavy (non-hydrogen) atoms. The summed E-state index contributed by atoms with van der Waals surface area (Å²) in [5, 5.41) is 2.83. The molecule has 1 aliphatic rings. The minimum atomic E-state index is -0.775. The van der Waals surface area contributed by atoms with Crippen molar-refractivity contribution in [3.8, 4) is 0 Å². The zero-order valence-corrected chi connectivity index (χ0v) is 12.8. The van der Waals surface area contributed by atoms with E-state index >= 15 is 0 Å². The maximum Gasteiger partial charge on any atom is 0.248 e. The van der Waals surface area contributed by atoms with Gasteiger partial charge in [-0.3, -0.25) is 9.59 Å². The Bertz CT molecular complexity index is 329. The molecule has 0 saturated carbocycles. The average Bonchev–Trinajstić information content (AvgIpc) is 2.24. The lowest BCUT2D eigenvalue weighted by atomic mass is 9.92. The highest BCUT2D eigenvalue weighted by Crippen LogP contribution is 2.22. The van der Waals surface area contributed by atoms with Gasteiger partial charge in [-0.05, 0) is 32.4 Å². The molecule has 0 bridgehead atoms. The van der Waals surface area contributed by atoms with Crippen molar-refractivity contribution in [1.29, 1.82) is 0 Å². The summed E-state index contributed by atoms with van der Waals surface area (Å²) >= 11 is 1.69. The summed E-state index contributed by atoms with van der Waals surface area (Å²) < 4.78 is 0. The van der Waals surface area contributed by atoms with Crippen LogP contribution in [-0.2, 0) is 9.59 Å². The van der Waals surface area contributed by atoms with Crippen LogP contribution in [0, 0.1) is 5.92 Å². The second kappa shape index (κ2) is 5.95. The van der Waals surface area contributed by atoms with Gasteiger partial charge in [0, 0.05) is 12.3 Å². The molecule has 2 amide bonds.